The summed E-state index contributed by atoms with van der Waals surface area (Å²) >= 11 is 0. The average molecular weight is 362 g/mol. The molecule has 1 aromatic heterocycles. The van der Waals surface area contributed by atoms with Crippen LogP contribution in [0, 0.1) is 0 Å². The summed E-state index contributed by atoms with van der Waals surface area (Å²) in [5.74, 6) is 0.661. The number of nitrogens with one attached hydrogen (secondary N) is 1. The molecule has 2 heterocycles. The van der Waals surface area contributed by atoms with E-state index in [1.54, 1.807) is 0 Å². The lowest BCUT2D eigenvalue weighted by molar-refractivity contribution is 0.178. The highest BCUT2D eigenvalue weighted by Gasteiger charge is 2.14. The van der Waals surface area contributed by atoms with Crippen molar-refractivity contribution in [1.82, 2.24) is 19.9 Å². The molecule has 140 valence electrons. The van der Waals surface area contributed by atoms with E-state index >= 15 is 0 Å². The van der Waals surface area contributed by atoms with E-state index in [4.69, 9.17) is 0 Å². The fourth-order valence-electron chi connectivity index (χ4n) is 3.29. The van der Waals surface area contributed by atoms with Crippen LogP contribution < -0.4 is 10.3 Å². The first-order chi connectivity index (χ1) is 13.1. The Hall–Kier alpha value is -2.70. The van der Waals surface area contributed by atoms with E-state index in [1.807, 2.05) is 6.20 Å². The third-order valence-electron chi connectivity index (χ3n) is 5.04. The minimum absolute atomic E-state index is 0.661. The van der Waals surface area contributed by atoms with Gasteiger partial charge in [-0.2, -0.15) is 0 Å². The van der Waals surface area contributed by atoms with E-state index in [0.29, 0.717) is 5.95 Å². The SMILES string of the molecule is CN1CCN(Nc2ncc3cc(-c4cccc(N(C)C)c4)ccc3n2)CC1. The van der Waals surface area contributed by atoms with Crippen molar-refractivity contribution < 1.29 is 0 Å². The second-order valence-electron chi connectivity index (χ2n) is 7.31. The van der Waals surface area contributed by atoms with Crippen LogP contribution in [-0.2, 0) is 0 Å². The summed E-state index contributed by atoms with van der Waals surface area (Å²) in [6.45, 7) is 4.05. The Morgan fingerprint density at radius 1 is 0.963 bits per heavy atom. The molecular formula is C21H26N6. The molecule has 0 amide bonds. The van der Waals surface area contributed by atoms with Crippen LogP contribution in [0.4, 0.5) is 11.6 Å². The molecule has 6 nitrogen and oxygen atoms in total. The monoisotopic (exact) mass is 362 g/mol. The molecule has 0 saturated carbocycles. The molecule has 0 atom stereocenters. The van der Waals surface area contributed by atoms with E-state index in [1.165, 1.54) is 16.8 Å². The van der Waals surface area contributed by atoms with Crippen molar-refractivity contribution in [2.45, 2.75) is 0 Å². The predicted octanol–water partition coefficient (Wildman–Crippen LogP) is 2.94. The number of piperazine rings is 1. The maximum Gasteiger partial charge on any atom is 0.238 e. The third kappa shape index (κ3) is 4.02. The van der Waals surface area contributed by atoms with Crippen LogP contribution in [0.3, 0.4) is 0 Å². The molecule has 2 aromatic carbocycles. The molecule has 0 radical (unpaired) electrons. The maximum atomic E-state index is 4.68. The van der Waals surface area contributed by atoms with Gasteiger partial charge < -0.3 is 9.80 Å². The lowest BCUT2D eigenvalue weighted by Gasteiger charge is -2.32. The normalized spacial score (nSPS) is 15.8. The zero-order chi connectivity index (χ0) is 18.8. The number of benzene rings is 2. The number of aromatic nitrogens is 2. The van der Waals surface area contributed by atoms with Crippen LogP contribution in [0.2, 0.25) is 0 Å². The number of likely N-dealkylation sites (N-methyl/N-ethyl adjacent to an activating group) is 1. The van der Waals surface area contributed by atoms with Crippen molar-refractivity contribution in [3.63, 3.8) is 0 Å². The molecule has 0 spiro atoms. The average Bonchev–Trinajstić information content (AvgIpc) is 2.69. The molecule has 1 fully saturated rings. The van der Waals surface area contributed by atoms with Crippen molar-refractivity contribution in [1.29, 1.82) is 0 Å². The Morgan fingerprint density at radius 3 is 2.52 bits per heavy atom. The van der Waals surface area contributed by atoms with Gasteiger partial charge >= 0.3 is 0 Å². The largest absolute Gasteiger partial charge is 0.378 e. The standard InChI is InChI=1S/C21H26N6/c1-25(2)19-6-4-5-16(14-19)17-7-8-20-18(13-17)15-22-21(23-20)24-27-11-9-26(3)10-12-27/h4-8,13-15H,9-12H2,1-3H3,(H,22,23,24). The van der Waals surface area contributed by atoms with Crippen LogP contribution in [0.1, 0.15) is 0 Å². The Labute approximate surface area is 160 Å². The topological polar surface area (TPSA) is 47.5 Å². The minimum Gasteiger partial charge on any atom is -0.378 e. The van der Waals surface area contributed by atoms with Gasteiger partial charge in [0.05, 0.1) is 5.52 Å². The van der Waals surface area contributed by atoms with E-state index in [2.05, 4.69) is 93.8 Å². The lowest BCUT2D eigenvalue weighted by atomic mass is 10.0. The van der Waals surface area contributed by atoms with Crippen LogP contribution in [0.15, 0.2) is 48.7 Å². The van der Waals surface area contributed by atoms with Crippen LogP contribution in [-0.4, -0.2) is 67.2 Å². The van der Waals surface area contributed by atoms with Gasteiger partial charge in [0, 0.05) is 57.5 Å². The first kappa shape index (κ1) is 17.7. The summed E-state index contributed by atoms with van der Waals surface area (Å²) in [5, 5.41) is 3.23. The summed E-state index contributed by atoms with van der Waals surface area (Å²) in [6.07, 6.45) is 1.90. The highest BCUT2D eigenvalue weighted by atomic mass is 15.5. The Bertz CT molecular complexity index is 931. The highest BCUT2D eigenvalue weighted by Crippen LogP contribution is 2.26. The second-order valence-corrected chi connectivity index (χ2v) is 7.31. The van der Waals surface area contributed by atoms with Crippen molar-refractivity contribution >= 4 is 22.5 Å². The van der Waals surface area contributed by atoms with Crippen molar-refractivity contribution in [2.24, 2.45) is 0 Å². The molecule has 0 aliphatic carbocycles. The molecule has 3 aromatic rings. The minimum atomic E-state index is 0.661. The summed E-state index contributed by atoms with van der Waals surface area (Å²) in [7, 11) is 6.26. The second kappa shape index (κ2) is 7.50. The van der Waals surface area contributed by atoms with Gasteiger partial charge in [-0.25, -0.2) is 15.0 Å². The lowest BCUT2D eigenvalue weighted by Crippen LogP contribution is -2.47. The smallest absolute Gasteiger partial charge is 0.238 e. The van der Waals surface area contributed by atoms with Crippen molar-refractivity contribution in [3.05, 3.63) is 48.7 Å². The molecule has 1 aliphatic heterocycles. The summed E-state index contributed by atoms with van der Waals surface area (Å²) < 4.78 is 0. The molecule has 6 heteroatoms. The molecule has 1 saturated heterocycles. The first-order valence-electron chi connectivity index (χ1n) is 9.33. The number of hydrogen-bond donors (Lipinski definition) is 1. The van der Waals surface area contributed by atoms with E-state index in [-0.39, 0.29) is 0 Å². The molecule has 0 unspecified atom stereocenters. The molecule has 0 bridgehead atoms. The predicted molar refractivity (Wildman–Crippen MR) is 112 cm³/mol. The molecule has 1 aliphatic rings. The van der Waals surface area contributed by atoms with Crippen LogP contribution >= 0.6 is 0 Å². The highest BCUT2D eigenvalue weighted by molar-refractivity contribution is 5.85. The van der Waals surface area contributed by atoms with Gasteiger partial charge in [0.1, 0.15) is 0 Å². The number of fused-ring (bicyclic) bond motifs is 1. The number of anilines is 2. The quantitative estimate of drug-likeness (QED) is 0.770. The number of nitrogens with zero attached hydrogens (tertiary/aromatic N) is 5. The number of hydrogen-bond acceptors (Lipinski definition) is 6. The van der Waals surface area contributed by atoms with Gasteiger partial charge in [0.2, 0.25) is 5.95 Å². The Balaban J connectivity index is 1.56. The van der Waals surface area contributed by atoms with Crippen LogP contribution in [0.5, 0.6) is 0 Å². The molecular weight excluding hydrogens is 336 g/mol. The van der Waals surface area contributed by atoms with Gasteiger partial charge in [-0.15, -0.1) is 0 Å². The number of hydrazine groups is 1. The Kier molecular flexibility index (Phi) is 4.92. The first-order valence-corrected chi connectivity index (χ1v) is 9.33. The van der Waals surface area contributed by atoms with Gasteiger partial charge in [-0.1, -0.05) is 18.2 Å². The van der Waals surface area contributed by atoms with Crippen LogP contribution in [0.25, 0.3) is 22.0 Å². The fourth-order valence-corrected chi connectivity index (χ4v) is 3.29. The summed E-state index contributed by atoms with van der Waals surface area (Å²) in [5.41, 5.74) is 7.85. The van der Waals surface area contributed by atoms with E-state index in [9.17, 15) is 0 Å². The fraction of sp³-hybridized carbons (Fsp3) is 0.333. The van der Waals surface area contributed by atoms with E-state index < -0.39 is 0 Å². The van der Waals surface area contributed by atoms with Crippen molar-refractivity contribution in [2.75, 3.05) is 57.6 Å². The van der Waals surface area contributed by atoms with Gasteiger partial charge in [-0.3, -0.25) is 5.43 Å². The molecule has 27 heavy (non-hydrogen) atoms. The third-order valence-corrected chi connectivity index (χ3v) is 5.04. The zero-order valence-electron chi connectivity index (χ0n) is 16.2. The zero-order valence-corrected chi connectivity index (χ0v) is 16.2. The van der Waals surface area contributed by atoms with E-state index in [0.717, 1.165) is 37.1 Å². The van der Waals surface area contributed by atoms with Gasteiger partial charge in [0.15, 0.2) is 0 Å². The summed E-state index contributed by atoms with van der Waals surface area (Å²) in [4.78, 5) is 13.6. The Morgan fingerprint density at radius 2 is 1.74 bits per heavy atom. The molecule has 4 rings (SSSR count). The molecule has 1 N–H and O–H groups in total. The van der Waals surface area contributed by atoms with Gasteiger partial charge in [0.25, 0.3) is 0 Å². The number of rotatable bonds is 4. The maximum absolute atomic E-state index is 4.68. The summed E-state index contributed by atoms with van der Waals surface area (Å²) in [6, 6.07) is 14.9. The van der Waals surface area contributed by atoms with Gasteiger partial charge in [-0.05, 0) is 42.4 Å². The van der Waals surface area contributed by atoms with Crippen molar-refractivity contribution in [3.8, 4) is 11.1 Å².